The molecule has 5 nitrogen and oxygen atoms in total. The van der Waals surface area contributed by atoms with Crippen LogP contribution in [0.25, 0.3) is 0 Å². The molecule has 28 heavy (non-hydrogen) atoms. The topological polar surface area (TPSA) is 52.7 Å². The maximum absolute atomic E-state index is 12.5. The predicted octanol–water partition coefficient (Wildman–Crippen LogP) is 4.56. The molecule has 0 radical (unpaired) electrons. The third-order valence-electron chi connectivity index (χ3n) is 6.32. The molecule has 0 atom stereocenters. The third-order valence-corrected chi connectivity index (χ3v) is 6.32. The van der Waals surface area contributed by atoms with Crippen molar-refractivity contribution in [1.82, 2.24) is 4.90 Å². The molecule has 0 spiro atoms. The van der Waals surface area contributed by atoms with E-state index in [0.717, 1.165) is 55.5 Å². The van der Waals surface area contributed by atoms with E-state index in [1.807, 2.05) is 25.1 Å². The molecular weight excluding hydrogens is 350 g/mol. The van der Waals surface area contributed by atoms with Crippen molar-refractivity contribution in [3.05, 3.63) is 23.8 Å². The Bertz CT molecular complexity index is 689. The summed E-state index contributed by atoms with van der Waals surface area (Å²) in [6.07, 6.45) is 10.1. The van der Waals surface area contributed by atoms with E-state index < -0.39 is 0 Å². The molecule has 0 aromatic heterocycles. The van der Waals surface area contributed by atoms with Crippen molar-refractivity contribution >= 4 is 23.2 Å². The Labute approximate surface area is 169 Å². The first-order valence-electron chi connectivity index (χ1n) is 10.8. The number of nitrogens with one attached hydrogen (secondary N) is 1. The van der Waals surface area contributed by atoms with Crippen LogP contribution in [0.4, 0.5) is 11.4 Å². The van der Waals surface area contributed by atoms with Crippen LogP contribution in [0.1, 0.15) is 70.3 Å². The molecule has 1 N–H and O–H groups in total. The monoisotopic (exact) mass is 385 g/mol. The summed E-state index contributed by atoms with van der Waals surface area (Å²) in [7, 11) is 4.04. The molecule has 2 aliphatic carbocycles. The van der Waals surface area contributed by atoms with Crippen LogP contribution in [0.15, 0.2) is 18.2 Å². The highest BCUT2D eigenvalue weighted by atomic mass is 16.2. The smallest absolute Gasteiger partial charge is 0.227 e. The Balaban J connectivity index is 1.80. The van der Waals surface area contributed by atoms with E-state index in [-0.39, 0.29) is 17.7 Å². The van der Waals surface area contributed by atoms with Crippen LogP contribution in [-0.2, 0) is 16.1 Å². The molecule has 0 saturated heterocycles. The van der Waals surface area contributed by atoms with E-state index in [4.69, 9.17) is 0 Å². The Morgan fingerprint density at radius 1 is 1.00 bits per heavy atom. The summed E-state index contributed by atoms with van der Waals surface area (Å²) in [5, 5.41) is 3.11. The summed E-state index contributed by atoms with van der Waals surface area (Å²) in [5.74, 6) is 0.418. The highest BCUT2D eigenvalue weighted by molar-refractivity contribution is 5.93. The molecule has 0 unspecified atom stereocenters. The summed E-state index contributed by atoms with van der Waals surface area (Å²) < 4.78 is 0. The molecule has 3 rings (SSSR count). The normalized spacial score (nSPS) is 18.1. The molecule has 0 aliphatic heterocycles. The molecule has 1 aromatic rings. The van der Waals surface area contributed by atoms with E-state index in [0.29, 0.717) is 12.6 Å². The quantitative estimate of drug-likeness (QED) is 0.781. The first-order valence-corrected chi connectivity index (χ1v) is 10.8. The second kappa shape index (κ2) is 9.44. The zero-order valence-corrected chi connectivity index (χ0v) is 17.7. The van der Waals surface area contributed by atoms with Crippen LogP contribution < -0.4 is 10.2 Å². The number of hydrogen-bond acceptors (Lipinski definition) is 3. The lowest BCUT2D eigenvalue weighted by Crippen LogP contribution is -2.39. The Kier molecular flexibility index (Phi) is 6.97. The van der Waals surface area contributed by atoms with E-state index in [1.165, 1.54) is 19.3 Å². The number of carbonyl (C=O) groups is 2. The van der Waals surface area contributed by atoms with Crippen LogP contribution in [-0.4, -0.2) is 36.9 Å². The number of carbonyl (C=O) groups excluding carboxylic acids is 2. The van der Waals surface area contributed by atoms with Gasteiger partial charge in [0.1, 0.15) is 0 Å². The lowest BCUT2D eigenvalue weighted by molar-refractivity contribution is -0.132. The highest BCUT2D eigenvalue weighted by Crippen LogP contribution is 2.30. The zero-order valence-electron chi connectivity index (χ0n) is 17.7. The van der Waals surface area contributed by atoms with Crippen molar-refractivity contribution in [3.63, 3.8) is 0 Å². The van der Waals surface area contributed by atoms with Gasteiger partial charge >= 0.3 is 0 Å². The van der Waals surface area contributed by atoms with Gasteiger partial charge in [-0.15, -0.1) is 0 Å². The number of rotatable bonds is 6. The largest absolute Gasteiger partial charge is 0.377 e. The molecule has 2 saturated carbocycles. The zero-order chi connectivity index (χ0) is 20.1. The van der Waals surface area contributed by atoms with Crippen molar-refractivity contribution in [2.45, 2.75) is 77.3 Å². The third kappa shape index (κ3) is 5.06. The average Bonchev–Trinajstić information content (AvgIpc) is 3.21. The van der Waals surface area contributed by atoms with Crippen molar-refractivity contribution in [2.75, 3.05) is 24.3 Å². The molecule has 2 amide bonds. The number of nitrogens with zero attached hydrogens (tertiary/aromatic N) is 2. The van der Waals surface area contributed by atoms with Gasteiger partial charge in [0, 0.05) is 50.9 Å². The van der Waals surface area contributed by atoms with Crippen molar-refractivity contribution in [3.8, 4) is 0 Å². The summed E-state index contributed by atoms with van der Waals surface area (Å²) in [6.45, 7) is 2.27. The van der Waals surface area contributed by atoms with Crippen LogP contribution in [0.5, 0.6) is 0 Å². The van der Waals surface area contributed by atoms with Crippen molar-refractivity contribution < 1.29 is 9.59 Å². The lowest BCUT2D eigenvalue weighted by Gasteiger charge is -2.34. The predicted molar refractivity (Wildman–Crippen MR) is 114 cm³/mol. The maximum atomic E-state index is 12.5. The number of amides is 2. The lowest BCUT2D eigenvalue weighted by atomic mass is 9.93. The molecule has 154 valence electrons. The standard InChI is InChI=1S/C23H35N3O2/c1-17(27)26(21-11-5-4-6-12-21)16-19-15-20(13-14-22(19)25(2)3)24-23(28)18-9-7-8-10-18/h13-15,18,21H,4-12,16H2,1-3H3,(H,24,28). The Hall–Kier alpha value is -2.04. The molecule has 0 bridgehead atoms. The van der Waals surface area contributed by atoms with E-state index in [2.05, 4.69) is 22.3 Å². The number of benzene rings is 1. The fourth-order valence-corrected chi connectivity index (χ4v) is 4.73. The summed E-state index contributed by atoms with van der Waals surface area (Å²) in [6, 6.07) is 6.42. The van der Waals surface area contributed by atoms with Gasteiger partial charge in [-0.25, -0.2) is 0 Å². The minimum absolute atomic E-state index is 0.136. The van der Waals surface area contributed by atoms with Gasteiger partial charge in [0.2, 0.25) is 11.8 Å². The fourth-order valence-electron chi connectivity index (χ4n) is 4.73. The molecule has 5 heteroatoms. The van der Waals surface area contributed by atoms with Crippen LogP contribution in [0.2, 0.25) is 0 Å². The van der Waals surface area contributed by atoms with Gasteiger partial charge in [0.15, 0.2) is 0 Å². The second-order valence-electron chi connectivity index (χ2n) is 8.65. The van der Waals surface area contributed by atoms with Crippen LogP contribution >= 0.6 is 0 Å². The first-order chi connectivity index (χ1) is 13.5. The molecule has 2 aliphatic rings. The molecule has 0 heterocycles. The van der Waals surface area contributed by atoms with Gasteiger partial charge in [-0.2, -0.15) is 0 Å². The average molecular weight is 386 g/mol. The minimum atomic E-state index is 0.136. The Morgan fingerprint density at radius 3 is 2.25 bits per heavy atom. The van der Waals surface area contributed by atoms with Gasteiger partial charge in [-0.3, -0.25) is 9.59 Å². The van der Waals surface area contributed by atoms with Gasteiger partial charge in [-0.1, -0.05) is 32.1 Å². The molecular formula is C23H35N3O2. The van der Waals surface area contributed by atoms with Crippen molar-refractivity contribution in [1.29, 1.82) is 0 Å². The van der Waals surface area contributed by atoms with Gasteiger partial charge in [0.05, 0.1) is 0 Å². The van der Waals surface area contributed by atoms with E-state index in [9.17, 15) is 9.59 Å². The van der Waals surface area contributed by atoms with Gasteiger partial charge in [-0.05, 0) is 49.4 Å². The van der Waals surface area contributed by atoms with Gasteiger partial charge < -0.3 is 15.1 Å². The number of hydrogen-bond donors (Lipinski definition) is 1. The summed E-state index contributed by atoms with van der Waals surface area (Å²) in [4.78, 5) is 29.1. The van der Waals surface area contributed by atoms with Gasteiger partial charge in [0.25, 0.3) is 0 Å². The van der Waals surface area contributed by atoms with E-state index in [1.54, 1.807) is 6.92 Å². The SMILES string of the molecule is CC(=O)N(Cc1cc(NC(=O)C2CCCC2)ccc1N(C)C)C1CCCCC1. The second-order valence-corrected chi connectivity index (χ2v) is 8.65. The maximum Gasteiger partial charge on any atom is 0.227 e. The molecule has 2 fully saturated rings. The van der Waals surface area contributed by atoms with E-state index >= 15 is 0 Å². The Morgan fingerprint density at radius 2 is 1.64 bits per heavy atom. The van der Waals surface area contributed by atoms with Crippen LogP contribution in [0.3, 0.4) is 0 Å². The number of anilines is 2. The summed E-state index contributed by atoms with van der Waals surface area (Å²) in [5.41, 5.74) is 3.03. The highest BCUT2D eigenvalue weighted by Gasteiger charge is 2.25. The molecule has 1 aromatic carbocycles. The minimum Gasteiger partial charge on any atom is -0.377 e. The summed E-state index contributed by atoms with van der Waals surface area (Å²) >= 11 is 0. The van der Waals surface area contributed by atoms with Crippen LogP contribution in [0, 0.1) is 5.92 Å². The van der Waals surface area contributed by atoms with Crippen molar-refractivity contribution in [2.24, 2.45) is 5.92 Å². The fraction of sp³-hybridized carbons (Fsp3) is 0.652. The first kappa shape index (κ1) is 20.7.